The van der Waals surface area contributed by atoms with Gasteiger partial charge in [0, 0.05) is 19.8 Å². The van der Waals surface area contributed by atoms with Crippen LogP contribution in [-0.4, -0.2) is 24.7 Å². The van der Waals surface area contributed by atoms with Crippen LogP contribution in [0.4, 0.5) is 17.1 Å². The molecule has 1 heterocycles. The second-order valence-corrected chi connectivity index (χ2v) is 5.28. The topological polar surface area (TPSA) is 90.4 Å². The third-order valence-corrected chi connectivity index (χ3v) is 3.66. The molecule has 19 heavy (non-hydrogen) atoms. The van der Waals surface area contributed by atoms with Crippen molar-refractivity contribution in [2.45, 2.75) is 19.8 Å². The average molecular weight is 265 g/mol. The average Bonchev–Trinajstić information content (AvgIpc) is 2.37. The van der Waals surface area contributed by atoms with E-state index in [2.05, 4.69) is 12.2 Å². The van der Waals surface area contributed by atoms with Gasteiger partial charge in [0.15, 0.2) is 0 Å². The van der Waals surface area contributed by atoms with Gasteiger partial charge in [-0.15, -0.1) is 0 Å². The molecule has 0 unspecified atom stereocenters. The van der Waals surface area contributed by atoms with Gasteiger partial charge in [0.25, 0.3) is 0 Å². The second-order valence-electron chi connectivity index (χ2n) is 5.28. The van der Waals surface area contributed by atoms with E-state index in [4.69, 9.17) is 10.5 Å². The number of nitro groups is 1. The van der Waals surface area contributed by atoms with Gasteiger partial charge >= 0.3 is 5.69 Å². The Morgan fingerprint density at radius 3 is 2.79 bits per heavy atom. The predicted octanol–water partition coefficient (Wildman–Crippen LogP) is 2.41. The molecule has 0 aliphatic carbocycles. The Bertz CT molecular complexity index is 470. The third kappa shape index (κ3) is 3.14. The van der Waals surface area contributed by atoms with Crippen molar-refractivity contribution in [2.24, 2.45) is 5.41 Å². The van der Waals surface area contributed by atoms with Crippen LogP contribution < -0.4 is 11.1 Å². The zero-order valence-corrected chi connectivity index (χ0v) is 11.0. The molecule has 1 fully saturated rings. The van der Waals surface area contributed by atoms with Crippen LogP contribution in [0.15, 0.2) is 18.2 Å². The maximum absolute atomic E-state index is 11.0. The summed E-state index contributed by atoms with van der Waals surface area (Å²) in [7, 11) is 0. The lowest BCUT2D eigenvalue weighted by molar-refractivity contribution is -0.383. The van der Waals surface area contributed by atoms with Crippen molar-refractivity contribution < 1.29 is 9.66 Å². The summed E-state index contributed by atoms with van der Waals surface area (Å²) < 4.78 is 5.34. The molecule has 0 bridgehead atoms. The van der Waals surface area contributed by atoms with Gasteiger partial charge in [0.2, 0.25) is 0 Å². The summed E-state index contributed by atoms with van der Waals surface area (Å²) in [6, 6.07) is 4.95. The smallest absolute Gasteiger partial charge is 0.314 e. The molecule has 0 aromatic heterocycles. The number of nitro benzene ring substituents is 1. The van der Waals surface area contributed by atoms with Crippen molar-refractivity contribution in [1.29, 1.82) is 0 Å². The maximum Gasteiger partial charge on any atom is 0.314 e. The standard InChI is InChI=1S/C13H19N3O3/c1-13(5-7-19-8-6-13)9-15-11-4-2-3-10(14)12(11)16(17)18/h2-4,15H,5-9,14H2,1H3. The number of nitrogens with two attached hydrogens (primary N) is 1. The summed E-state index contributed by atoms with van der Waals surface area (Å²) in [6.07, 6.45) is 1.91. The van der Waals surface area contributed by atoms with Gasteiger partial charge in [-0.2, -0.15) is 0 Å². The Labute approximate surface area is 112 Å². The number of benzene rings is 1. The molecule has 1 aliphatic heterocycles. The lowest BCUT2D eigenvalue weighted by atomic mass is 9.82. The largest absolute Gasteiger partial charge is 0.393 e. The van der Waals surface area contributed by atoms with Crippen LogP contribution in [-0.2, 0) is 4.74 Å². The summed E-state index contributed by atoms with van der Waals surface area (Å²) in [5.74, 6) is 0. The fraction of sp³-hybridized carbons (Fsp3) is 0.538. The van der Waals surface area contributed by atoms with Crippen molar-refractivity contribution in [1.82, 2.24) is 0 Å². The SMILES string of the molecule is CC1(CNc2cccc(N)c2[N+](=O)[O-])CCOCC1. The number of ether oxygens (including phenoxy) is 1. The molecule has 1 aromatic rings. The normalized spacial score (nSPS) is 17.9. The number of nitrogen functional groups attached to an aromatic ring is 1. The molecule has 6 heteroatoms. The van der Waals surface area contributed by atoms with Gasteiger partial charge in [-0.1, -0.05) is 13.0 Å². The van der Waals surface area contributed by atoms with E-state index in [9.17, 15) is 10.1 Å². The molecule has 0 radical (unpaired) electrons. The summed E-state index contributed by atoms with van der Waals surface area (Å²) in [6.45, 7) is 4.34. The molecular weight excluding hydrogens is 246 g/mol. The van der Waals surface area contributed by atoms with Crippen molar-refractivity contribution in [3.8, 4) is 0 Å². The van der Waals surface area contributed by atoms with Crippen LogP contribution in [0.5, 0.6) is 0 Å². The Balaban J connectivity index is 2.11. The van der Waals surface area contributed by atoms with Gasteiger partial charge in [-0.05, 0) is 30.4 Å². The van der Waals surface area contributed by atoms with Crippen molar-refractivity contribution in [2.75, 3.05) is 30.8 Å². The predicted molar refractivity (Wildman–Crippen MR) is 74.2 cm³/mol. The number of nitrogens with zero attached hydrogens (tertiary/aromatic N) is 1. The summed E-state index contributed by atoms with van der Waals surface area (Å²) in [4.78, 5) is 10.6. The Morgan fingerprint density at radius 2 is 2.16 bits per heavy atom. The first-order valence-corrected chi connectivity index (χ1v) is 6.36. The Morgan fingerprint density at radius 1 is 1.47 bits per heavy atom. The molecule has 1 aliphatic rings. The molecule has 0 amide bonds. The maximum atomic E-state index is 11.0. The monoisotopic (exact) mass is 265 g/mol. The molecular formula is C13H19N3O3. The van der Waals surface area contributed by atoms with E-state index in [1.807, 2.05) is 0 Å². The van der Waals surface area contributed by atoms with Gasteiger partial charge in [0.1, 0.15) is 11.4 Å². The van der Waals surface area contributed by atoms with Crippen LogP contribution in [0, 0.1) is 15.5 Å². The molecule has 1 aromatic carbocycles. The fourth-order valence-corrected chi connectivity index (χ4v) is 2.26. The number of hydrogen-bond donors (Lipinski definition) is 2. The van der Waals surface area contributed by atoms with Crippen LogP contribution in [0.3, 0.4) is 0 Å². The fourth-order valence-electron chi connectivity index (χ4n) is 2.26. The lowest BCUT2D eigenvalue weighted by Crippen LogP contribution is -2.33. The van der Waals surface area contributed by atoms with E-state index >= 15 is 0 Å². The second kappa shape index (κ2) is 5.44. The highest BCUT2D eigenvalue weighted by molar-refractivity contribution is 5.74. The highest BCUT2D eigenvalue weighted by Gasteiger charge is 2.28. The number of para-hydroxylation sites is 1. The van der Waals surface area contributed by atoms with Crippen molar-refractivity contribution >= 4 is 17.1 Å². The Hall–Kier alpha value is -1.82. The highest BCUT2D eigenvalue weighted by Crippen LogP contribution is 2.34. The van der Waals surface area contributed by atoms with Gasteiger partial charge in [-0.25, -0.2) is 0 Å². The van der Waals surface area contributed by atoms with Crippen LogP contribution in [0.1, 0.15) is 19.8 Å². The molecule has 1 saturated heterocycles. The molecule has 6 nitrogen and oxygen atoms in total. The van der Waals surface area contributed by atoms with E-state index in [1.165, 1.54) is 0 Å². The number of anilines is 2. The summed E-state index contributed by atoms with van der Waals surface area (Å²) >= 11 is 0. The highest BCUT2D eigenvalue weighted by atomic mass is 16.6. The third-order valence-electron chi connectivity index (χ3n) is 3.66. The van der Waals surface area contributed by atoms with Crippen LogP contribution in [0.2, 0.25) is 0 Å². The first kappa shape index (κ1) is 13.6. The minimum atomic E-state index is -0.440. The summed E-state index contributed by atoms with van der Waals surface area (Å²) in [5, 5.41) is 14.2. The summed E-state index contributed by atoms with van der Waals surface area (Å²) in [5.41, 5.74) is 6.40. The quantitative estimate of drug-likeness (QED) is 0.495. The van der Waals surface area contributed by atoms with E-state index in [0.29, 0.717) is 12.2 Å². The molecule has 0 atom stereocenters. The van der Waals surface area contributed by atoms with Crippen LogP contribution in [0.25, 0.3) is 0 Å². The molecule has 3 N–H and O–H groups in total. The molecule has 104 valence electrons. The number of nitrogens with one attached hydrogen (secondary N) is 1. The lowest BCUT2D eigenvalue weighted by Gasteiger charge is -2.33. The molecule has 0 saturated carbocycles. The van der Waals surface area contributed by atoms with E-state index in [-0.39, 0.29) is 16.8 Å². The zero-order valence-electron chi connectivity index (χ0n) is 11.0. The first-order valence-electron chi connectivity index (χ1n) is 6.36. The van der Waals surface area contributed by atoms with E-state index in [0.717, 1.165) is 26.1 Å². The van der Waals surface area contributed by atoms with Gasteiger partial charge < -0.3 is 15.8 Å². The molecule has 2 rings (SSSR count). The minimum absolute atomic E-state index is 0.0434. The number of hydrogen-bond acceptors (Lipinski definition) is 5. The zero-order chi connectivity index (χ0) is 13.9. The van der Waals surface area contributed by atoms with E-state index in [1.54, 1.807) is 18.2 Å². The first-order chi connectivity index (χ1) is 9.02. The van der Waals surface area contributed by atoms with Gasteiger partial charge in [0.05, 0.1) is 4.92 Å². The molecule has 0 spiro atoms. The van der Waals surface area contributed by atoms with Crippen molar-refractivity contribution in [3.05, 3.63) is 28.3 Å². The Kier molecular flexibility index (Phi) is 3.90. The minimum Gasteiger partial charge on any atom is -0.393 e. The van der Waals surface area contributed by atoms with Crippen LogP contribution >= 0.6 is 0 Å². The van der Waals surface area contributed by atoms with Crippen molar-refractivity contribution in [3.63, 3.8) is 0 Å². The van der Waals surface area contributed by atoms with Gasteiger partial charge in [-0.3, -0.25) is 10.1 Å². The van der Waals surface area contributed by atoms with E-state index < -0.39 is 4.92 Å². The number of rotatable bonds is 4.